The van der Waals surface area contributed by atoms with E-state index in [2.05, 4.69) is 11.1 Å². The van der Waals surface area contributed by atoms with Gasteiger partial charge in [0.2, 0.25) is 0 Å². The van der Waals surface area contributed by atoms with Crippen molar-refractivity contribution >= 4 is 17.6 Å². The molecular weight excluding hydrogens is 390 g/mol. The summed E-state index contributed by atoms with van der Waals surface area (Å²) in [6.07, 6.45) is 6.19. The minimum Gasteiger partial charge on any atom is -0.490 e. The van der Waals surface area contributed by atoms with Crippen LogP contribution in [0.1, 0.15) is 38.2 Å². The number of nitrogens with two attached hydrogens (primary N) is 1. The summed E-state index contributed by atoms with van der Waals surface area (Å²) in [5.74, 6) is 0.788. The van der Waals surface area contributed by atoms with Crippen LogP contribution in [0.3, 0.4) is 0 Å². The van der Waals surface area contributed by atoms with E-state index in [1.807, 2.05) is 25.1 Å². The van der Waals surface area contributed by atoms with Gasteiger partial charge in [-0.15, -0.1) is 0 Å². The third-order valence-electron chi connectivity index (χ3n) is 6.73. The number of fused-ring (bicyclic) bond motifs is 4. The monoisotopic (exact) mass is 413 g/mol. The predicted molar refractivity (Wildman–Crippen MR) is 111 cm³/mol. The molecule has 4 atom stereocenters. The van der Waals surface area contributed by atoms with Crippen molar-refractivity contribution in [3.8, 4) is 16.9 Å². The number of halogens is 1. The van der Waals surface area contributed by atoms with Crippen LogP contribution in [0.2, 0.25) is 5.02 Å². The number of aliphatic imine (C=N–C) groups is 1. The third-order valence-corrected chi connectivity index (χ3v) is 6.93. The molecule has 2 aromatic rings. The number of nitrogens with zero attached hydrogens (tertiary/aromatic N) is 2. The van der Waals surface area contributed by atoms with E-state index in [1.165, 1.54) is 0 Å². The number of rotatable bonds is 2. The van der Waals surface area contributed by atoms with E-state index in [-0.39, 0.29) is 18.0 Å². The van der Waals surface area contributed by atoms with Crippen molar-refractivity contribution in [2.75, 3.05) is 6.61 Å². The molecule has 1 saturated carbocycles. The molecule has 3 heterocycles. The summed E-state index contributed by atoms with van der Waals surface area (Å²) in [4.78, 5) is 9.00. The van der Waals surface area contributed by atoms with Gasteiger partial charge < -0.3 is 20.3 Å². The van der Waals surface area contributed by atoms with Crippen LogP contribution >= 0.6 is 11.6 Å². The van der Waals surface area contributed by atoms with Gasteiger partial charge in [-0.2, -0.15) is 0 Å². The SMILES string of the molecule is CCC1(O)CC[C@@H]2Oc3ccc(-c4cncc(Cl)c4)cc3[C@@]3(COC(N)=N3)[C@H]2C1. The molecular formula is C22H24ClN3O3. The molecule has 2 aliphatic heterocycles. The lowest BCUT2D eigenvalue weighted by Gasteiger charge is -2.50. The quantitative estimate of drug-likeness (QED) is 0.784. The first kappa shape index (κ1) is 18.7. The lowest BCUT2D eigenvalue weighted by Crippen LogP contribution is -2.54. The number of ether oxygens (including phenoxy) is 2. The number of benzene rings is 1. The summed E-state index contributed by atoms with van der Waals surface area (Å²) >= 11 is 6.14. The van der Waals surface area contributed by atoms with E-state index in [0.29, 0.717) is 24.5 Å². The summed E-state index contributed by atoms with van der Waals surface area (Å²) in [6, 6.07) is 8.14. The molecule has 0 saturated heterocycles. The van der Waals surface area contributed by atoms with Gasteiger partial charge in [0.05, 0.1) is 10.6 Å². The Kier molecular flexibility index (Phi) is 4.26. The van der Waals surface area contributed by atoms with Gasteiger partial charge in [-0.25, -0.2) is 4.99 Å². The maximum absolute atomic E-state index is 11.0. The van der Waals surface area contributed by atoms with Crippen LogP contribution in [0.4, 0.5) is 0 Å². The number of aliphatic hydroxyl groups is 1. The molecule has 3 aliphatic rings. The van der Waals surface area contributed by atoms with E-state index in [0.717, 1.165) is 35.3 Å². The van der Waals surface area contributed by atoms with Gasteiger partial charge in [-0.1, -0.05) is 24.6 Å². The first-order chi connectivity index (χ1) is 13.9. The number of pyridine rings is 1. The molecule has 1 aromatic carbocycles. The van der Waals surface area contributed by atoms with Crippen molar-refractivity contribution in [2.24, 2.45) is 16.6 Å². The standard InChI is InChI=1S/C22H24ClN3O3/c1-2-21(27)6-5-19-17(9-21)22(12-28-20(24)26-22)16-8-13(3-4-18(16)29-19)14-7-15(23)11-25-10-14/h3-4,7-8,10-11,17,19,27H,2,5-6,9,12H2,1H3,(H2,24,26)/t17-,19-,21?,22-/m0/s1. The topological polar surface area (TPSA) is 90.0 Å². The number of aromatic nitrogens is 1. The second-order valence-corrected chi connectivity index (χ2v) is 8.79. The Balaban J connectivity index is 1.65. The van der Waals surface area contributed by atoms with Gasteiger partial charge >= 0.3 is 0 Å². The molecule has 5 rings (SSSR count). The third kappa shape index (κ3) is 2.97. The van der Waals surface area contributed by atoms with Crippen LogP contribution in [-0.2, 0) is 10.3 Å². The van der Waals surface area contributed by atoms with E-state index in [4.69, 9.17) is 31.8 Å². The first-order valence-corrected chi connectivity index (χ1v) is 10.4. The normalized spacial score (nSPS) is 32.7. The van der Waals surface area contributed by atoms with Crippen LogP contribution in [0.25, 0.3) is 11.1 Å². The van der Waals surface area contributed by atoms with Gasteiger partial charge in [-0.05, 0) is 49.4 Å². The number of hydrogen-bond acceptors (Lipinski definition) is 6. The molecule has 1 unspecified atom stereocenters. The maximum Gasteiger partial charge on any atom is 0.283 e. The lowest BCUT2D eigenvalue weighted by atomic mass is 9.63. The summed E-state index contributed by atoms with van der Waals surface area (Å²) in [6.45, 7) is 2.38. The molecule has 152 valence electrons. The van der Waals surface area contributed by atoms with Crippen molar-refractivity contribution in [1.82, 2.24) is 4.98 Å². The minimum atomic E-state index is -0.712. The molecule has 3 N–H and O–H groups in total. The summed E-state index contributed by atoms with van der Waals surface area (Å²) in [5, 5.41) is 11.6. The molecule has 6 nitrogen and oxygen atoms in total. The van der Waals surface area contributed by atoms with Gasteiger partial charge in [0.25, 0.3) is 6.02 Å². The molecule has 29 heavy (non-hydrogen) atoms. The van der Waals surface area contributed by atoms with Gasteiger partial charge in [0.1, 0.15) is 24.0 Å². The molecule has 1 fully saturated rings. The predicted octanol–water partition coefficient (Wildman–Crippen LogP) is 3.64. The van der Waals surface area contributed by atoms with Gasteiger partial charge in [-0.3, -0.25) is 4.98 Å². The van der Waals surface area contributed by atoms with Gasteiger partial charge in [0, 0.05) is 29.4 Å². The highest BCUT2D eigenvalue weighted by Crippen LogP contribution is 2.54. The molecule has 0 amide bonds. The number of hydrogen-bond donors (Lipinski definition) is 2. The van der Waals surface area contributed by atoms with Crippen molar-refractivity contribution in [3.05, 3.63) is 47.2 Å². The highest BCUT2D eigenvalue weighted by atomic mass is 35.5. The zero-order valence-electron chi connectivity index (χ0n) is 16.3. The van der Waals surface area contributed by atoms with Crippen LogP contribution in [0.5, 0.6) is 5.75 Å². The smallest absolute Gasteiger partial charge is 0.283 e. The van der Waals surface area contributed by atoms with Crippen molar-refractivity contribution in [3.63, 3.8) is 0 Å². The zero-order valence-corrected chi connectivity index (χ0v) is 17.0. The zero-order chi connectivity index (χ0) is 20.2. The first-order valence-electron chi connectivity index (χ1n) is 10.1. The van der Waals surface area contributed by atoms with E-state index in [1.54, 1.807) is 12.4 Å². The molecule has 0 bridgehead atoms. The Hall–Kier alpha value is -2.31. The van der Waals surface area contributed by atoms with Gasteiger partial charge in [0.15, 0.2) is 0 Å². The Morgan fingerprint density at radius 2 is 2.14 bits per heavy atom. The number of amidine groups is 1. The minimum absolute atomic E-state index is 0.0116. The van der Waals surface area contributed by atoms with Crippen LogP contribution in [-0.4, -0.2) is 34.4 Å². The fourth-order valence-corrected chi connectivity index (χ4v) is 5.22. The molecule has 1 aromatic heterocycles. The van der Waals surface area contributed by atoms with Crippen LogP contribution < -0.4 is 10.5 Å². The highest BCUT2D eigenvalue weighted by Gasteiger charge is 2.57. The summed E-state index contributed by atoms with van der Waals surface area (Å²) in [5.41, 5.74) is 7.45. The fraction of sp³-hybridized carbons (Fsp3) is 0.455. The molecule has 1 spiro atoms. The lowest BCUT2D eigenvalue weighted by molar-refractivity contribution is -0.0912. The second kappa shape index (κ2) is 6.61. The average Bonchev–Trinajstić information content (AvgIpc) is 3.11. The molecule has 1 aliphatic carbocycles. The highest BCUT2D eigenvalue weighted by molar-refractivity contribution is 6.30. The Morgan fingerprint density at radius 1 is 1.28 bits per heavy atom. The summed E-state index contributed by atoms with van der Waals surface area (Å²) < 4.78 is 12.1. The average molecular weight is 414 g/mol. The van der Waals surface area contributed by atoms with E-state index in [9.17, 15) is 5.11 Å². The van der Waals surface area contributed by atoms with Crippen molar-refractivity contribution < 1.29 is 14.6 Å². The Labute approximate surface area is 174 Å². The van der Waals surface area contributed by atoms with Crippen molar-refractivity contribution in [1.29, 1.82) is 0 Å². The Morgan fingerprint density at radius 3 is 2.86 bits per heavy atom. The Bertz CT molecular complexity index is 997. The van der Waals surface area contributed by atoms with Crippen LogP contribution in [0.15, 0.2) is 41.7 Å². The molecule has 0 radical (unpaired) electrons. The van der Waals surface area contributed by atoms with E-state index >= 15 is 0 Å². The largest absolute Gasteiger partial charge is 0.490 e. The molecule has 7 heteroatoms. The maximum atomic E-state index is 11.0. The fourth-order valence-electron chi connectivity index (χ4n) is 5.05. The van der Waals surface area contributed by atoms with Crippen LogP contribution in [0, 0.1) is 5.92 Å². The summed E-state index contributed by atoms with van der Waals surface area (Å²) in [7, 11) is 0. The second-order valence-electron chi connectivity index (χ2n) is 8.35. The van der Waals surface area contributed by atoms with Crippen molar-refractivity contribution in [2.45, 2.75) is 49.9 Å². The van der Waals surface area contributed by atoms with E-state index < -0.39 is 11.1 Å².